The van der Waals surface area contributed by atoms with Crippen molar-refractivity contribution in [1.82, 2.24) is 0 Å². The predicted molar refractivity (Wildman–Crippen MR) is 64.8 cm³/mol. The first-order valence-electron chi connectivity index (χ1n) is 5.34. The van der Waals surface area contributed by atoms with Crippen molar-refractivity contribution in [2.45, 2.75) is 25.0 Å². The Morgan fingerprint density at radius 1 is 1.33 bits per heavy atom. The Morgan fingerprint density at radius 2 is 2.07 bits per heavy atom. The van der Waals surface area contributed by atoms with Crippen LogP contribution < -0.4 is 5.73 Å². The van der Waals surface area contributed by atoms with Crippen LogP contribution >= 0.6 is 11.8 Å². The Kier molecular flexibility index (Phi) is 3.34. The number of hydrogen-bond donors (Lipinski definition) is 2. The van der Waals surface area contributed by atoms with E-state index < -0.39 is 5.60 Å². The van der Waals surface area contributed by atoms with Crippen molar-refractivity contribution in [2.24, 2.45) is 5.73 Å². The lowest BCUT2D eigenvalue weighted by Crippen LogP contribution is -2.31. The van der Waals surface area contributed by atoms with E-state index in [1.54, 1.807) is 0 Å². The zero-order chi connectivity index (χ0) is 10.7. The van der Waals surface area contributed by atoms with E-state index in [0.29, 0.717) is 6.54 Å². The van der Waals surface area contributed by atoms with Gasteiger partial charge in [0.25, 0.3) is 0 Å². The molecule has 15 heavy (non-hydrogen) atoms. The van der Waals surface area contributed by atoms with Crippen molar-refractivity contribution in [3.63, 3.8) is 0 Å². The first-order chi connectivity index (χ1) is 7.24. The molecule has 3 heteroatoms. The molecule has 0 amide bonds. The summed E-state index contributed by atoms with van der Waals surface area (Å²) in [6.45, 7) is 0.563. The van der Waals surface area contributed by atoms with Gasteiger partial charge in [0.1, 0.15) is 0 Å². The zero-order valence-corrected chi connectivity index (χ0v) is 9.59. The first-order valence-corrected chi connectivity index (χ1v) is 6.50. The van der Waals surface area contributed by atoms with Crippen LogP contribution in [0.1, 0.15) is 24.0 Å². The van der Waals surface area contributed by atoms with Gasteiger partial charge in [0.2, 0.25) is 0 Å². The molecule has 0 aromatic heterocycles. The highest BCUT2D eigenvalue weighted by atomic mass is 32.2. The smallest absolute Gasteiger partial charge is 0.0986 e. The SMILES string of the molecule is NCc1ccc(C2(O)CCCSC2)cc1. The molecule has 2 nitrogen and oxygen atoms in total. The second-order valence-corrected chi connectivity index (χ2v) is 5.19. The number of thioether (sulfide) groups is 1. The Labute approximate surface area is 94.9 Å². The fraction of sp³-hybridized carbons (Fsp3) is 0.500. The molecule has 1 atom stereocenters. The second kappa shape index (κ2) is 4.56. The molecule has 3 N–H and O–H groups in total. The van der Waals surface area contributed by atoms with Gasteiger partial charge in [-0.05, 0) is 29.7 Å². The van der Waals surface area contributed by atoms with E-state index in [1.807, 2.05) is 36.0 Å². The van der Waals surface area contributed by atoms with Crippen LogP contribution in [0.15, 0.2) is 24.3 Å². The molecule has 0 radical (unpaired) electrons. The maximum absolute atomic E-state index is 10.5. The third kappa shape index (κ3) is 2.36. The van der Waals surface area contributed by atoms with E-state index in [1.165, 1.54) is 5.75 Å². The van der Waals surface area contributed by atoms with Gasteiger partial charge in [0, 0.05) is 12.3 Å². The van der Waals surface area contributed by atoms with Crippen LogP contribution in [-0.4, -0.2) is 16.6 Å². The molecule has 1 aromatic carbocycles. The molecule has 1 fully saturated rings. The quantitative estimate of drug-likeness (QED) is 0.804. The summed E-state index contributed by atoms with van der Waals surface area (Å²) in [6.07, 6.45) is 1.97. The summed E-state index contributed by atoms with van der Waals surface area (Å²) >= 11 is 1.83. The van der Waals surface area contributed by atoms with Gasteiger partial charge in [-0.25, -0.2) is 0 Å². The van der Waals surface area contributed by atoms with Crippen molar-refractivity contribution in [3.8, 4) is 0 Å². The number of hydrogen-bond acceptors (Lipinski definition) is 3. The fourth-order valence-electron chi connectivity index (χ4n) is 1.96. The molecule has 0 aliphatic carbocycles. The molecular weight excluding hydrogens is 206 g/mol. The third-order valence-corrected chi connectivity index (χ3v) is 4.21. The van der Waals surface area contributed by atoms with Gasteiger partial charge in [0.15, 0.2) is 0 Å². The van der Waals surface area contributed by atoms with Crippen LogP contribution in [-0.2, 0) is 12.1 Å². The average molecular weight is 223 g/mol. The van der Waals surface area contributed by atoms with Gasteiger partial charge < -0.3 is 10.8 Å². The van der Waals surface area contributed by atoms with E-state index in [2.05, 4.69) is 0 Å². The van der Waals surface area contributed by atoms with E-state index >= 15 is 0 Å². The third-order valence-electron chi connectivity index (χ3n) is 2.95. The average Bonchev–Trinajstić information content (AvgIpc) is 2.30. The minimum absolute atomic E-state index is 0.563. The Hall–Kier alpha value is -0.510. The van der Waals surface area contributed by atoms with E-state index in [9.17, 15) is 5.11 Å². The van der Waals surface area contributed by atoms with Gasteiger partial charge in [-0.3, -0.25) is 0 Å². The number of benzene rings is 1. The standard InChI is InChI=1S/C12H17NOS/c13-8-10-2-4-11(5-3-10)12(14)6-1-7-15-9-12/h2-5,14H,1,6-9,13H2. The van der Waals surface area contributed by atoms with Crippen molar-refractivity contribution in [3.05, 3.63) is 35.4 Å². The van der Waals surface area contributed by atoms with Crippen LogP contribution in [0.5, 0.6) is 0 Å². The highest BCUT2D eigenvalue weighted by molar-refractivity contribution is 7.99. The minimum Gasteiger partial charge on any atom is -0.384 e. The summed E-state index contributed by atoms with van der Waals surface area (Å²) in [7, 11) is 0. The highest BCUT2D eigenvalue weighted by Crippen LogP contribution is 2.35. The normalized spacial score (nSPS) is 26.5. The van der Waals surface area contributed by atoms with E-state index in [4.69, 9.17) is 5.73 Å². The van der Waals surface area contributed by atoms with Crippen LogP contribution in [0.3, 0.4) is 0 Å². The summed E-state index contributed by atoms with van der Waals surface area (Å²) in [5.74, 6) is 1.98. The summed E-state index contributed by atoms with van der Waals surface area (Å²) in [5.41, 5.74) is 7.08. The molecule has 1 heterocycles. The molecule has 0 saturated carbocycles. The monoisotopic (exact) mass is 223 g/mol. The number of nitrogens with two attached hydrogens (primary N) is 1. The molecular formula is C12H17NOS. The summed E-state index contributed by atoms with van der Waals surface area (Å²) in [5, 5.41) is 10.5. The maximum atomic E-state index is 10.5. The molecule has 82 valence electrons. The molecule has 0 spiro atoms. The second-order valence-electron chi connectivity index (χ2n) is 4.09. The lowest BCUT2D eigenvalue weighted by Gasteiger charge is -2.32. The molecule has 2 rings (SSSR count). The molecule has 1 unspecified atom stereocenters. The molecule has 1 aliphatic rings. The molecule has 1 aromatic rings. The zero-order valence-electron chi connectivity index (χ0n) is 8.78. The molecule has 1 saturated heterocycles. The number of aliphatic hydroxyl groups is 1. The van der Waals surface area contributed by atoms with Gasteiger partial charge in [0.05, 0.1) is 5.60 Å². The lowest BCUT2D eigenvalue weighted by atomic mass is 9.90. The highest BCUT2D eigenvalue weighted by Gasteiger charge is 2.31. The van der Waals surface area contributed by atoms with Gasteiger partial charge in [-0.2, -0.15) is 11.8 Å². The van der Waals surface area contributed by atoms with E-state index in [0.717, 1.165) is 29.7 Å². The van der Waals surface area contributed by atoms with E-state index in [-0.39, 0.29) is 0 Å². The minimum atomic E-state index is -0.615. The predicted octanol–water partition coefficient (Wildman–Crippen LogP) is 1.86. The van der Waals surface area contributed by atoms with Gasteiger partial charge in [-0.1, -0.05) is 24.3 Å². The van der Waals surface area contributed by atoms with Gasteiger partial charge >= 0.3 is 0 Å². The Bertz CT molecular complexity index is 317. The first kappa shape index (κ1) is 11.0. The maximum Gasteiger partial charge on any atom is 0.0986 e. The van der Waals surface area contributed by atoms with Crippen LogP contribution in [0.25, 0.3) is 0 Å². The molecule has 1 aliphatic heterocycles. The summed E-state index contributed by atoms with van der Waals surface area (Å²) in [6, 6.07) is 8.03. The summed E-state index contributed by atoms with van der Waals surface area (Å²) < 4.78 is 0. The van der Waals surface area contributed by atoms with Crippen LogP contribution in [0.4, 0.5) is 0 Å². The topological polar surface area (TPSA) is 46.2 Å². The van der Waals surface area contributed by atoms with Crippen molar-refractivity contribution in [1.29, 1.82) is 0 Å². The Morgan fingerprint density at radius 3 is 2.60 bits per heavy atom. The van der Waals surface area contributed by atoms with Crippen molar-refractivity contribution >= 4 is 11.8 Å². The van der Waals surface area contributed by atoms with Gasteiger partial charge in [-0.15, -0.1) is 0 Å². The van der Waals surface area contributed by atoms with Crippen molar-refractivity contribution in [2.75, 3.05) is 11.5 Å². The van der Waals surface area contributed by atoms with Crippen LogP contribution in [0.2, 0.25) is 0 Å². The largest absolute Gasteiger partial charge is 0.384 e. The summed E-state index contributed by atoms with van der Waals surface area (Å²) in [4.78, 5) is 0. The lowest BCUT2D eigenvalue weighted by molar-refractivity contribution is 0.0495. The Balaban J connectivity index is 2.20. The van der Waals surface area contributed by atoms with Crippen LogP contribution in [0, 0.1) is 0 Å². The van der Waals surface area contributed by atoms with Crippen molar-refractivity contribution < 1.29 is 5.11 Å². The number of rotatable bonds is 2. The fourth-order valence-corrected chi connectivity index (χ4v) is 3.10. The molecule has 0 bridgehead atoms.